The van der Waals surface area contributed by atoms with Crippen LogP contribution in [0, 0.1) is 19.7 Å². The van der Waals surface area contributed by atoms with E-state index in [9.17, 15) is 17.6 Å². The lowest BCUT2D eigenvalue weighted by Crippen LogP contribution is -2.16. The van der Waals surface area contributed by atoms with Gasteiger partial charge in [-0.05, 0) is 50.2 Å². The van der Waals surface area contributed by atoms with E-state index in [0.29, 0.717) is 17.2 Å². The Morgan fingerprint density at radius 1 is 1.00 bits per heavy atom. The van der Waals surface area contributed by atoms with Gasteiger partial charge in [-0.2, -0.15) is 0 Å². The number of rotatable bonds is 5. The minimum atomic E-state index is -3.86. The molecule has 2 aromatic carbocycles. The van der Waals surface area contributed by atoms with Crippen LogP contribution >= 0.6 is 0 Å². The van der Waals surface area contributed by atoms with E-state index in [0.717, 1.165) is 0 Å². The smallest absolute Gasteiger partial charge is 0.263 e. The highest BCUT2D eigenvalue weighted by atomic mass is 32.2. The van der Waals surface area contributed by atoms with Crippen molar-refractivity contribution >= 4 is 27.4 Å². The molecule has 0 aliphatic rings. The molecule has 28 heavy (non-hydrogen) atoms. The fourth-order valence-electron chi connectivity index (χ4n) is 2.53. The molecule has 144 valence electrons. The number of carbonyl (C=O) groups excluding carboxylic acids is 1. The Morgan fingerprint density at radius 3 is 2.32 bits per heavy atom. The van der Waals surface area contributed by atoms with Crippen LogP contribution in [0.5, 0.6) is 0 Å². The standard InChI is InChI=1S/C19H17FN4O3S/c1-12-11-18(22-13(2)21-12)24-28(26,27)15-9-7-14(8-10-15)23-19(25)16-5-3-4-6-17(16)20/h3-11H,1-2H3,(H,23,25)(H,21,22,24). The average molecular weight is 400 g/mol. The number of hydrogen-bond donors (Lipinski definition) is 2. The van der Waals surface area contributed by atoms with Gasteiger partial charge >= 0.3 is 0 Å². The first-order chi connectivity index (χ1) is 13.2. The first-order valence-electron chi connectivity index (χ1n) is 8.26. The van der Waals surface area contributed by atoms with Gasteiger partial charge in [-0.15, -0.1) is 0 Å². The minimum Gasteiger partial charge on any atom is -0.322 e. The first kappa shape index (κ1) is 19.4. The van der Waals surface area contributed by atoms with E-state index < -0.39 is 21.7 Å². The van der Waals surface area contributed by atoms with Gasteiger partial charge in [0.1, 0.15) is 17.5 Å². The van der Waals surface area contributed by atoms with Gasteiger partial charge in [0.05, 0.1) is 10.5 Å². The number of aromatic nitrogens is 2. The molecular weight excluding hydrogens is 383 g/mol. The second kappa shape index (κ2) is 7.73. The van der Waals surface area contributed by atoms with Crippen molar-refractivity contribution in [1.82, 2.24) is 9.97 Å². The minimum absolute atomic E-state index is 0.00897. The SMILES string of the molecule is Cc1cc(NS(=O)(=O)c2ccc(NC(=O)c3ccccc3F)cc2)nc(C)n1. The lowest BCUT2D eigenvalue weighted by atomic mass is 10.2. The summed E-state index contributed by atoms with van der Waals surface area (Å²) < 4.78 is 41.1. The molecule has 9 heteroatoms. The van der Waals surface area contributed by atoms with Crippen LogP contribution in [0.2, 0.25) is 0 Å². The van der Waals surface area contributed by atoms with E-state index in [2.05, 4.69) is 20.0 Å². The highest BCUT2D eigenvalue weighted by Crippen LogP contribution is 2.18. The first-order valence-corrected chi connectivity index (χ1v) is 9.74. The Labute approximate surface area is 161 Å². The number of aryl methyl sites for hydroxylation is 2. The molecule has 0 bridgehead atoms. The maximum atomic E-state index is 13.7. The van der Waals surface area contributed by atoms with Gasteiger partial charge < -0.3 is 5.32 Å². The van der Waals surface area contributed by atoms with Gasteiger partial charge in [0.15, 0.2) is 0 Å². The fraction of sp³-hybridized carbons (Fsp3) is 0.105. The van der Waals surface area contributed by atoms with Crippen LogP contribution in [-0.2, 0) is 10.0 Å². The molecule has 0 aliphatic heterocycles. The molecule has 0 atom stereocenters. The van der Waals surface area contributed by atoms with Crippen LogP contribution in [-0.4, -0.2) is 24.3 Å². The molecule has 3 aromatic rings. The predicted octanol–water partition coefficient (Wildman–Crippen LogP) is 3.29. The molecule has 1 heterocycles. The molecule has 7 nitrogen and oxygen atoms in total. The predicted molar refractivity (Wildman–Crippen MR) is 103 cm³/mol. The zero-order valence-corrected chi connectivity index (χ0v) is 15.9. The van der Waals surface area contributed by atoms with Crippen molar-refractivity contribution in [3.63, 3.8) is 0 Å². The van der Waals surface area contributed by atoms with Crippen LogP contribution in [0.1, 0.15) is 21.9 Å². The third-order valence-corrected chi connectivity index (χ3v) is 5.12. The summed E-state index contributed by atoms with van der Waals surface area (Å²) in [6.45, 7) is 3.40. The van der Waals surface area contributed by atoms with Crippen molar-refractivity contribution in [2.45, 2.75) is 18.7 Å². The van der Waals surface area contributed by atoms with Gasteiger partial charge in [-0.3, -0.25) is 9.52 Å². The summed E-state index contributed by atoms with van der Waals surface area (Å²) in [6.07, 6.45) is 0. The van der Waals surface area contributed by atoms with Crippen molar-refractivity contribution in [3.8, 4) is 0 Å². The Balaban J connectivity index is 1.76. The Kier molecular flexibility index (Phi) is 5.36. The summed E-state index contributed by atoms with van der Waals surface area (Å²) in [5.41, 5.74) is 0.868. The molecule has 1 aromatic heterocycles. The van der Waals surface area contributed by atoms with Crippen molar-refractivity contribution in [2.24, 2.45) is 0 Å². The molecule has 0 aliphatic carbocycles. The number of halogens is 1. The molecule has 0 saturated carbocycles. The van der Waals surface area contributed by atoms with Crippen LogP contribution < -0.4 is 10.0 Å². The van der Waals surface area contributed by atoms with Crippen LogP contribution in [0.15, 0.2) is 59.5 Å². The van der Waals surface area contributed by atoms with E-state index in [1.807, 2.05) is 0 Å². The Bertz CT molecular complexity index is 1110. The van der Waals surface area contributed by atoms with Crippen molar-refractivity contribution in [1.29, 1.82) is 0 Å². The van der Waals surface area contributed by atoms with Gasteiger partial charge in [-0.1, -0.05) is 12.1 Å². The normalized spacial score (nSPS) is 11.1. The highest BCUT2D eigenvalue weighted by Gasteiger charge is 2.16. The van der Waals surface area contributed by atoms with E-state index in [1.165, 1.54) is 48.5 Å². The quantitative estimate of drug-likeness (QED) is 0.684. The zero-order chi connectivity index (χ0) is 20.3. The van der Waals surface area contributed by atoms with E-state index in [-0.39, 0.29) is 16.3 Å². The summed E-state index contributed by atoms with van der Waals surface area (Å²) in [5.74, 6) is -0.650. The molecule has 2 N–H and O–H groups in total. The molecule has 0 saturated heterocycles. The number of nitrogens with one attached hydrogen (secondary N) is 2. The molecule has 0 radical (unpaired) electrons. The maximum Gasteiger partial charge on any atom is 0.263 e. The second-order valence-electron chi connectivity index (χ2n) is 6.01. The number of sulfonamides is 1. The van der Waals surface area contributed by atoms with Crippen LogP contribution in [0.3, 0.4) is 0 Å². The van der Waals surface area contributed by atoms with Crippen molar-refractivity contribution < 1.29 is 17.6 Å². The topological polar surface area (TPSA) is 101 Å². The molecule has 1 amide bonds. The third-order valence-electron chi connectivity index (χ3n) is 3.75. The number of nitrogens with zero attached hydrogens (tertiary/aromatic N) is 2. The lowest BCUT2D eigenvalue weighted by molar-refractivity contribution is 0.102. The number of hydrogen-bond acceptors (Lipinski definition) is 5. The molecule has 0 spiro atoms. The Hall–Kier alpha value is -3.33. The number of carbonyl (C=O) groups is 1. The van der Waals surface area contributed by atoms with Gasteiger partial charge in [0, 0.05) is 17.4 Å². The maximum absolute atomic E-state index is 13.7. The third kappa shape index (κ3) is 4.49. The van der Waals surface area contributed by atoms with E-state index in [1.54, 1.807) is 19.9 Å². The summed E-state index contributed by atoms with van der Waals surface area (Å²) in [5, 5.41) is 2.53. The second-order valence-corrected chi connectivity index (χ2v) is 7.69. The number of anilines is 2. The van der Waals surface area contributed by atoms with Gasteiger partial charge in [-0.25, -0.2) is 22.8 Å². The number of benzene rings is 2. The van der Waals surface area contributed by atoms with Crippen LogP contribution in [0.25, 0.3) is 0 Å². The van der Waals surface area contributed by atoms with Crippen LogP contribution in [0.4, 0.5) is 15.9 Å². The molecule has 3 rings (SSSR count). The lowest BCUT2D eigenvalue weighted by Gasteiger charge is -2.10. The zero-order valence-electron chi connectivity index (χ0n) is 15.1. The highest BCUT2D eigenvalue weighted by molar-refractivity contribution is 7.92. The number of amides is 1. The van der Waals surface area contributed by atoms with Crippen molar-refractivity contribution in [3.05, 3.63) is 77.5 Å². The molecular formula is C19H17FN4O3S. The Morgan fingerprint density at radius 2 is 1.68 bits per heavy atom. The molecule has 0 fully saturated rings. The summed E-state index contributed by atoms with van der Waals surface area (Å²) in [6, 6.07) is 12.6. The van der Waals surface area contributed by atoms with E-state index >= 15 is 0 Å². The monoisotopic (exact) mass is 400 g/mol. The average Bonchev–Trinajstić information content (AvgIpc) is 2.61. The summed E-state index contributed by atoms with van der Waals surface area (Å²) in [7, 11) is -3.86. The fourth-order valence-corrected chi connectivity index (χ4v) is 3.52. The van der Waals surface area contributed by atoms with Crippen molar-refractivity contribution in [2.75, 3.05) is 10.0 Å². The van der Waals surface area contributed by atoms with E-state index in [4.69, 9.17) is 0 Å². The summed E-state index contributed by atoms with van der Waals surface area (Å²) >= 11 is 0. The summed E-state index contributed by atoms with van der Waals surface area (Å²) in [4.78, 5) is 20.3. The van der Waals surface area contributed by atoms with Gasteiger partial charge in [0.25, 0.3) is 15.9 Å². The van der Waals surface area contributed by atoms with Gasteiger partial charge in [0.2, 0.25) is 0 Å². The molecule has 0 unspecified atom stereocenters. The largest absolute Gasteiger partial charge is 0.322 e.